The molecule has 0 unspecified atom stereocenters. The van der Waals surface area contributed by atoms with Gasteiger partial charge in [0.15, 0.2) is 5.78 Å². The predicted octanol–water partition coefficient (Wildman–Crippen LogP) is 5.99. The minimum absolute atomic E-state index is 0.0243. The minimum atomic E-state index is 0.0243. The van der Waals surface area contributed by atoms with Crippen molar-refractivity contribution in [2.24, 2.45) is 0 Å². The number of unbranched alkanes of at least 4 members (excludes halogenated alkanes) is 2. The standard InChI is InChI=1S/C25H33NO2/c1-4-6-18-26(19-7-5-2)20-22-8-13-23(14-9-22)25(27)17-12-21-10-15-24(28-3)16-11-21/h8-17H,4-7,18-20H2,1-3H3/b17-12+. The van der Waals surface area contributed by atoms with Crippen molar-refractivity contribution < 1.29 is 9.53 Å². The summed E-state index contributed by atoms with van der Waals surface area (Å²) in [6.45, 7) is 7.70. The molecular formula is C25H33NO2. The van der Waals surface area contributed by atoms with Crippen LogP contribution in [-0.2, 0) is 6.54 Å². The first kappa shape index (κ1) is 21.9. The summed E-state index contributed by atoms with van der Waals surface area (Å²) in [7, 11) is 1.64. The maximum Gasteiger partial charge on any atom is 0.185 e. The zero-order valence-corrected chi connectivity index (χ0v) is 17.5. The molecule has 150 valence electrons. The van der Waals surface area contributed by atoms with Crippen LogP contribution in [0.25, 0.3) is 6.08 Å². The molecule has 0 saturated heterocycles. The Balaban J connectivity index is 1.95. The lowest BCUT2D eigenvalue weighted by Crippen LogP contribution is -2.25. The molecule has 28 heavy (non-hydrogen) atoms. The lowest BCUT2D eigenvalue weighted by atomic mass is 10.1. The zero-order chi connectivity index (χ0) is 20.2. The minimum Gasteiger partial charge on any atom is -0.497 e. The van der Waals surface area contributed by atoms with Gasteiger partial charge in [-0.2, -0.15) is 0 Å². The van der Waals surface area contributed by atoms with Gasteiger partial charge in [-0.1, -0.05) is 69.2 Å². The molecule has 0 spiro atoms. The smallest absolute Gasteiger partial charge is 0.185 e. The number of allylic oxidation sites excluding steroid dienone is 1. The molecular weight excluding hydrogens is 346 g/mol. The van der Waals surface area contributed by atoms with Crippen molar-refractivity contribution in [2.75, 3.05) is 20.2 Å². The molecule has 3 heteroatoms. The van der Waals surface area contributed by atoms with E-state index in [4.69, 9.17) is 4.74 Å². The Hall–Kier alpha value is -2.39. The van der Waals surface area contributed by atoms with Crippen molar-refractivity contribution in [3.63, 3.8) is 0 Å². The van der Waals surface area contributed by atoms with Crippen molar-refractivity contribution in [3.05, 3.63) is 71.3 Å². The molecule has 0 aromatic heterocycles. The van der Waals surface area contributed by atoms with Gasteiger partial charge >= 0.3 is 0 Å². The van der Waals surface area contributed by atoms with E-state index in [2.05, 4.69) is 30.9 Å². The third-order valence-electron chi connectivity index (χ3n) is 4.84. The summed E-state index contributed by atoms with van der Waals surface area (Å²) >= 11 is 0. The summed E-state index contributed by atoms with van der Waals surface area (Å²) in [5.74, 6) is 0.835. The molecule has 0 heterocycles. The van der Waals surface area contributed by atoms with Crippen LogP contribution < -0.4 is 4.74 Å². The first-order valence-electron chi connectivity index (χ1n) is 10.3. The Morgan fingerprint density at radius 2 is 1.54 bits per heavy atom. The fourth-order valence-corrected chi connectivity index (χ4v) is 3.05. The Labute approximate surface area is 170 Å². The van der Waals surface area contributed by atoms with Crippen LogP contribution in [0.5, 0.6) is 5.75 Å². The third kappa shape index (κ3) is 7.32. The van der Waals surface area contributed by atoms with Gasteiger partial charge in [0.05, 0.1) is 7.11 Å². The highest BCUT2D eigenvalue weighted by Gasteiger charge is 2.07. The van der Waals surface area contributed by atoms with Crippen LogP contribution in [0.3, 0.4) is 0 Å². The van der Waals surface area contributed by atoms with Crippen molar-refractivity contribution in [2.45, 2.75) is 46.1 Å². The van der Waals surface area contributed by atoms with Crippen LogP contribution >= 0.6 is 0 Å². The molecule has 2 aromatic carbocycles. The summed E-state index contributed by atoms with van der Waals surface area (Å²) in [5, 5.41) is 0. The molecule has 0 aliphatic heterocycles. The molecule has 0 aliphatic carbocycles. The number of carbonyl (C=O) groups excluding carboxylic acids is 1. The van der Waals surface area contributed by atoms with E-state index in [0.717, 1.165) is 36.5 Å². The van der Waals surface area contributed by atoms with Crippen LogP contribution in [0, 0.1) is 0 Å². The normalized spacial score (nSPS) is 11.3. The first-order valence-corrected chi connectivity index (χ1v) is 10.3. The Kier molecular flexibility index (Phi) is 9.50. The van der Waals surface area contributed by atoms with E-state index in [1.54, 1.807) is 13.2 Å². The van der Waals surface area contributed by atoms with E-state index in [1.165, 1.54) is 31.2 Å². The predicted molar refractivity (Wildman–Crippen MR) is 118 cm³/mol. The summed E-state index contributed by atoms with van der Waals surface area (Å²) < 4.78 is 5.15. The van der Waals surface area contributed by atoms with Crippen LogP contribution in [-0.4, -0.2) is 30.9 Å². The molecule has 0 radical (unpaired) electrons. The van der Waals surface area contributed by atoms with E-state index in [0.29, 0.717) is 0 Å². The Morgan fingerprint density at radius 1 is 0.929 bits per heavy atom. The average molecular weight is 380 g/mol. The quantitative estimate of drug-likeness (QED) is 0.335. The van der Waals surface area contributed by atoms with E-state index in [-0.39, 0.29) is 5.78 Å². The molecule has 0 bridgehead atoms. The van der Waals surface area contributed by atoms with E-state index >= 15 is 0 Å². The number of methoxy groups -OCH3 is 1. The van der Waals surface area contributed by atoms with Gasteiger partial charge in [0.2, 0.25) is 0 Å². The zero-order valence-electron chi connectivity index (χ0n) is 17.5. The fourth-order valence-electron chi connectivity index (χ4n) is 3.05. The second-order valence-electron chi connectivity index (χ2n) is 7.15. The molecule has 2 rings (SSSR count). The average Bonchev–Trinajstić information content (AvgIpc) is 2.74. The molecule has 0 atom stereocenters. The highest BCUT2D eigenvalue weighted by molar-refractivity contribution is 6.06. The fraction of sp³-hybridized carbons (Fsp3) is 0.400. The summed E-state index contributed by atoms with van der Waals surface area (Å²) in [5.41, 5.74) is 2.97. The maximum absolute atomic E-state index is 12.4. The highest BCUT2D eigenvalue weighted by Crippen LogP contribution is 2.14. The van der Waals surface area contributed by atoms with Crippen LogP contribution in [0.1, 0.15) is 61.0 Å². The topological polar surface area (TPSA) is 29.5 Å². The maximum atomic E-state index is 12.4. The molecule has 0 amide bonds. The third-order valence-corrected chi connectivity index (χ3v) is 4.84. The van der Waals surface area contributed by atoms with E-state index in [9.17, 15) is 4.79 Å². The van der Waals surface area contributed by atoms with E-state index < -0.39 is 0 Å². The second kappa shape index (κ2) is 12.1. The van der Waals surface area contributed by atoms with Crippen LogP contribution in [0.4, 0.5) is 0 Å². The first-order chi connectivity index (χ1) is 13.7. The van der Waals surface area contributed by atoms with Gasteiger partial charge in [0.1, 0.15) is 5.75 Å². The van der Waals surface area contributed by atoms with Gasteiger partial charge in [0, 0.05) is 12.1 Å². The summed E-state index contributed by atoms with van der Waals surface area (Å²) in [6.07, 6.45) is 8.37. The van der Waals surface area contributed by atoms with Crippen molar-refractivity contribution in [3.8, 4) is 5.75 Å². The van der Waals surface area contributed by atoms with Gasteiger partial charge in [-0.05, 0) is 55.3 Å². The van der Waals surface area contributed by atoms with Crippen molar-refractivity contribution >= 4 is 11.9 Å². The molecule has 3 nitrogen and oxygen atoms in total. The van der Waals surface area contributed by atoms with Crippen LogP contribution in [0.2, 0.25) is 0 Å². The van der Waals surface area contributed by atoms with Gasteiger partial charge in [-0.25, -0.2) is 0 Å². The molecule has 0 saturated carbocycles. The summed E-state index contributed by atoms with van der Waals surface area (Å²) in [4.78, 5) is 15.0. The lowest BCUT2D eigenvalue weighted by molar-refractivity contribution is 0.104. The number of hydrogen-bond acceptors (Lipinski definition) is 3. The lowest BCUT2D eigenvalue weighted by Gasteiger charge is -2.22. The summed E-state index contributed by atoms with van der Waals surface area (Å²) in [6, 6.07) is 15.7. The van der Waals surface area contributed by atoms with Gasteiger partial charge in [-0.3, -0.25) is 9.69 Å². The SMILES string of the molecule is CCCCN(CCCC)Cc1ccc(C(=O)/C=C/c2ccc(OC)cc2)cc1. The highest BCUT2D eigenvalue weighted by atomic mass is 16.5. The van der Waals surface area contributed by atoms with E-state index in [1.807, 2.05) is 42.5 Å². The van der Waals surface area contributed by atoms with Gasteiger partial charge in [0.25, 0.3) is 0 Å². The Morgan fingerprint density at radius 3 is 2.07 bits per heavy atom. The molecule has 0 fully saturated rings. The van der Waals surface area contributed by atoms with Crippen LogP contribution in [0.15, 0.2) is 54.6 Å². The molecule has 0 N–H and O–H groups in total. The second-order valence-corrected chi connectivity index (χ2v) is 7.15. The molecule has 0 aliphatic rings. The largest absolute Gasteiger partial charge is 0.497 e. The van der Waals surface area contributed by atoms with Gasteiger partial charge in [-0.15, -0.1) is 0 Å². The number of ketones is 1. The number of benzene rings is 2. The molecule has 2 aromatic rings. The van der Waals surface area contributed by atoms with Gasteiger partial charge < -0.3 is 4.74 Å². The van der Waals surface area contributed by atoms with Crippen molar-refractivity contribution in [1.82, 2.24) is 4.90 Å². The number of nitrogens with zero attached hydrogens (tertiary/aromatic N) is 1. The number of carbonyl (C=O) groups is 1. The number of rotatable bonds is 12. The monoisotopic (exact) mass is 379 g/mol. The Bertz CT molecular complexity index is 724. The van der Waals surface area contributed by atoms with Crippen molar-refractivity contribution in [1.29, 1.82) is 0 Å². The number of hydrogen-bond donors (Lipinski definition) is 0. The number of ether oxygens (including phenoxy) is 1.